The molecule has 0 aliphatic heterocycles. The van der Waals surface area contributed by atoms with Crippen LogP contribution in [-0.2, 0) is 33.4 Å². The van der Waals surface area contributed by atoms with Crippen LogP contribution in [0.15, 0.2) is 0 Å². The number of ether oxygens (including phenoxy) is 3. The van der Waals surface area contributed by atoms with Crippen molar-refractivity contribution >= 4 is 29.8 Å². The molecule has 0 radical (unpaired) electrons. The van der Waals surface area contributed by atoms with E-state index in [-0.39, 0.29) is 31.6 Å². The van der Waals surface area contributed by atoms with Crippen molar-refractivity contribution in [1.82, 2.24) is 16.0 Å². The Labute approximate surface area is 239 Å². The van der Waals surface area contributed by atoms with Gasteiger partial charge in [-0.1, -0.05) is 6.42 Å². The summed E-state index contributed by atoms with van der Waals surface area (Å²) in [6.07, 6.45) is 2.27. The summed E-state index contributed by atoms with van der Waals surface area (Å²) in [5.41, 5.74) is 3.10. The van der Waals surface area contributed by atoms with Gasteiger partial charge in [0, 0.05) is 19.4 Å². The van der Waals surface area contributed by atoms with E-state index in [1.54, 1.807) is 62.3 Å². The molecule has 0 saturated carbocycles. The van der Waals surface area contributed by atoms with Crippen LogP contribution in [0.25, 0.3) is 0 Å². The number of nitrogens with two attached hydrogens (primary N) is 1. The fourth-order valence-corrected chi connectivity index (χ4v) is 3.29. The summed E-state index contributed by atoms with van der Waals surface area (Å²) in [5.74, 6) is -2.27. The number of hydrogen-bond donors (Lipinski definition) is 4. The summed E-state index contributed by atoms with van der Waals surface area (Å²) >= 11 is 0. The molecule has 2 atom stereocenters. The zero-order valence-electron chi connectivity index (χ0n) is 25.9. The highest BCUT2D eigenvalue weighted by molar-refractivity contribution is 5.88. The molecule has 0 heterocycles. The number of nitrogens with one attached hydrogen (secondary N) is 3. The first kappa shape index (κ1) is 37.1. The average Bonchev–Trinajstić information content (AvgIpc) is 2.75. The van der Waals surface area contributed by atoms with Crippen LogP contribution in [-0.4, -0.2) is 71.8 Å². The fourth-order valence-electron chi connectivity index (χ4n) is 3.29. The molecule has 0 fully saturated rings. The first-order valence-corrected chi connectivity index (χ1v) is 13.9. The van der Waals surface area contributed by atoms with E-state index in [9.17, 15) is 24.0 Å². The van der Waals surface area contributed by atoms with Gasteiger partial charge >= 0.3 is 23.9 Å². The minimum absolute atomic E-state index is 0.0218. The van der Waals surface area contributed by atoms with Crippen molar-refractivity contribution < 1.29 is 38.2 Å². The van der Waals surface area contributed by atoms with Crippen molar-refractivity contribution in [2.24, 2.45) is 5.73 Å². The van der Waals surface area contributed by atoms with Gasteiger partial charge in [-0.3, -0.25) is 9.59 Å². The molecule has 0 aliphatic rings. The van der Waals surface area contributed by atoms with Gasteiger partial charge < -0.3 is 35.9 Å². The maximum atomic E-state index is 12.9. The fraction of sp³-hybridized carbons (Fsp3) is 0.821. The van der Waals surface area contributed by atoms with Crippen molar-refractivity contribution in [2.75, 3.05) is 13.1 Å². The van der Waals surface area contributed by atoms with E-state index < -0.39 is 52.8 Å². The van der Waals surface area contributed by atoms with E-state index in [4.69, 9.17) is 19.9 Å². The standard InChI is InChI=1S/C28H52N4O8/c1-26(2,3)38-22(34)16-14-20(24(36)40-28(7,8)9)32-25(37)31-19(23(35)39-27(4,5)6)13-15-21(33)30-18-12-10-11-17-29/h19-20H,10-18,29H2,1-9H3,(H,30,33)(H2,31,32,37). The molecule has 3 amide bonds. The molecule has 0 saturated heterocycles. The number of carbonyl (C=O) groups excluding carboxylic acids is 5. The minimum Gasteiger partial charge on any atom is -0.460 e. The summed E-state index contributed by atoms with van der Waals surface area (Å²) in [5, 5.41) is 7.79. The first-order chi connectivity index (χ1) is 18.2. The van der Waals surface area contributed by atoms with Crippen LogP contribution < -0.4 is 21.7 Å². The summed E-state index contributed by atoms with van der Waals surface area (Å²) in [6.45, 7) is 16.3. The Hall–Kier alpha value is -2.89. The number of hydrogen-bond acceptors (Lipinski definition) is 9. The molecule has 0 bridgehead atoms. The molecule has 0 aromatic rings. The lowest BCUT2D eigenvalue weighted by Crippen LogP contribution is -2.53. The van der Waals surface area contributed by atoms with Crippen molar-refractivity contribution in [2.45, 2.75) is 136 Å². The molecule has 0 spiro atoms. The molecule has 0 aromatic heterocycles. The summed E-state index contributed by atoms with van der Waals surface area (Å²) in [4.78, 5) is 63.1. The van der Waals surface area contributed by atoms with Gasteiger partial charge in [0.05, 0.1) is 0 Å². The Kier molecular flexibility index (Phi) is 15.8. The number of unbranched alkanes of at least 4 members (excludes halogenated alkanes) is 2. The Morgan fingerprint density at radius 2 is 1.10 bits per heavy atom. The van der Waals surface area contributed by atoms with Crippen molar-refractivity contribution in [3.63, 3.8) is 0 Å². The lowest BCUT2D eigenvalue weighted by Gasteiger charge is -2.27. The van der Waals surface area contributed by atoms with Gasteiger partial charge in [-0.2, -0.15) is 0 Å². The van der Waals surface area contributed by atoms with Crippen LogP contribution in [0.4, 0.5) is 4.79 Å². The SMILES string of the molecule is CC(C)(C)OC(=O)CCC(NC(=O)NC(CCC(=O)NCCCCCN)C(=O)OC(C)(C)C)C(=O)OC(C)(C)C. The predicted molar refractivity (Wildman–Crippen MR) is 151 cm³/mol. The Bertz CT molecular complexity index is 841. The molecule has 12 nitrogen and oxygen atoms in total. The summed E-state index contributed by atoms with van der Waals surface area (Å²) < 4.78 is 16.1. The molecule has 0 rings (SSSR count). The Morgan fingerprint density at radius 1 is 0.650 bits per heavy atom. The average molecular weight is 573 g/mol. The Morgan fingerprint density at radius 3 is 1.52 bits per heavy atom. The van der Waals surface area contributed by atoms with Gasteiger partial charge in [-0.05, 0) is 94.5 Å². The first-order valence-electron chi connectivity index (χ1n) is 13.9. The molecule has 12 heteroatoms. The lowest BCUT2D eigenvalue weighted by atomic mass is 10.1. The van der Waals surface area contributed by atoms with Gasteiger partial charge in [0.25, 0.3) is 0 Å². The maximum absolute atomic E-state index is 12.9. The van der Waals surface area contributed by atoms with Gasteiger partial charge in [0.1, 0.15) is 28.9 Å². The summed E-state index contributed by atoms with van der Waals surface area (Å²) in [6, 6.07) is -3.20. The van der Waals surface area contributed by atoms with Crippen LogP contribution in [0.5, 0.6) is 0 Å². The molecule has 5 N–H and O–H groups in total. The van der Waals surface area contributed by atoms with Gasteiger partial charge in [0.15, 0.2) is 0 Å². The van der Waals surface area contributed by atoms with E-state index in [0.717, 1.165) is 19.3 Å². The lowest BCUT2D eigenvalue weighted by molar-refractivity contribution is -0.159. The van der Waals surface area contributed by atoms with Crippen LogP contribution >= 0.6 is 0 Å². The number of urea groups is 1. The normalized spacial score (nSPS) is 13.4. The quantitative estimate of drug-likeness (QED) is 0.131. The zero-order chi connectivity index (χ0) is 31.1. The van der Waals surface area contributed by atoms with E-state index in [0.29, 0.717) is 13.1 Å². The van der Waals surface area contributed by atoms with Gasteiger partial charge in [0.2, 0.25) is 5.91 Å². The third-order valence-corrected chi connectivity index (χ3v) is 4.91. The topological polar surface area (TPSA) is 175 Å². The molecular formula is C28H52N4O8. The smallest absolute Gasteiger partial charge is 0.329 e. The van der Waals surface area contributed by atoms with E-state index in [1.165, 1.54) is 0 Å². The van der Waals surface area contributed by atoms with E-state index in [1.807, 2.05) is 0 Å². The summed E-state index contributed by atoms with van der Waals surface area (Å²) in [7, 11) is 0. The van der Waals surface area contributed by atoms with Crippen LogP contribution in [0, 0.1) is 0 Å². The molecule has 2 unspecified atom stereocenters. The number of esters is 3. The van der Waals surface area contributed by atoms with Gasteiger partial charge in [-0.25, -0.2) is 14.4 Å². The van der Waals surface area contributed by atoms with Crippen molar-refractivity contribution in [3.8, 4) is 0 Å². The highest BCUT2D eigenvalue weighted by Crippen LogP contribution is 2.14. The predicted octanol–water partition coefficient (Wildman–Crippen LogP) is 2.85. The van der Waals surface area contributed by atoms with Crippen molar-refractivity contribution in [1.29, 1.82) is 0 Å². The van der Waals surface area contributed by atoms with E-state index in [2.05, 4.69) is 16.0 Å². The molecule has 232 valence electrons. The third kappa shape index (κ3) is 20.1. The third-order valence-electron chi connectivity index (χ3n) is 4.91. The molecular weight excluding hydrogens is 520 g/mol. The highest BCUT2D eigenvalue weighted by atomic mass is 16.6. The van der Waals surface area contributed by atoms with Crippen molar-refractivity contribution in [3.05, 3.63) is 0 Å². The zero-order valence-corrected chi connectivity index (χ0v) is 25.9. The molecule has 0 aliphatic carbocycles. The second-order valence-electron chi connectivity index (χ2n) is 12.7. The second-order valence-corrected chi connectivity index (χ2v) is 12.7. The highest BCUT2D eigenvalue weighted by Gasteiger charge is 2.31. The van der Waals surface area contributed by atoms with Crippen LogP contribution in [0.2, 0.25) is 0 Å². The largest absolute Gasteiger partial charge is 0.460 e. The van der Waals surface area contributed by atoms with E-state index >= 15 is 0 Å². The molecule has 40 heavy (non-hydrogen) atoms. The number of carbonyl (C=O) groups is 5. The maximum Gasteiger partial charge on any atom is 0.329 e. The number of amides is 3. The van der Waals surface area contributed by atoms with Crippen LogP contribution in [0.3, 0.4) is 0 Å². The minimum atomic E-state index is -1.19. The van der Waals surface area contributed by atoms with Gasteiger partial charge in [-0.15, -0.1) is 0 Å². The molecule has 0 aromatic carbocycles. The van der Waals surface area contributed by atoms with Crippen LogP contribution in [0.1, 0.15) is 107 Å². The Balaban J connectivity index is 5.42. The second kappa shape index (κ2) is 17.0. The number of rotatable bonds is 15. The monoisotopic (exact) mass is 572 g/mol.